The minimum absolute atomic E-state index is 0.0294. The number of amides is 1. The average molecular weight is 453 g/mol. The largest absolute Gasteiger partial charge is 0.490 e. The van der Waals surface area contributed by atoms with Gasteiger partial charge in [-0.3, -0.25) is 4.79 Å². The minimum atomic E-state index is -5.08. The molecule has 1 aliphatic heterocycles. The molecule has 8 nitrogen and oxygen atoms in total. The number of rotatable bonds is 6. The normalized spacial score (nSPS) is 15.1. The Morgan fingerprint density at radius 2 is 1.80 bits per heavy atom. The molecule has 0 spiro atoms. The first kappa shape index (κ1) is 25.9. The van der Waals surface area contributed by atoms with Crippen molar-refractivity contribution in [1.29, 1.82) is 0 Å². The molecule has 0 unspecified atom stereocenters. The topological polar surface area (TPSA) is 107 Å². The highest BCUT2D eigenvalue weighted by molar-refractivity contribution is 7.89. The van der Waals surface area contributed by atoms with E-state index >= 15 is 0 Å². The number of halogens is 3. The van der Waals surface area contributed by atoms with Crippen molar-refractivity contribution >= 4 is 21.9 Å². The van der Waals surface area contributed by atoms with Crippen molar-refractivity contribution in [1.82, 2.24) is 14.5 Å². The van der Waals surface area contributed by atoms with Crippen LogP contribution in [0, 0.1) is 6.92 Å². The van der Waals surface area contributed by atoms with Crippen LogP contribution in [0.15, 0.2) is 24.3 Å². The van der Waals surface area contributed by atoms with Gasteiger partial charge in [0.1, 0.15) is 0 Å². The summed E-state index contributed by atoms with van der Waals surface area (Å²) in [7, 11) is -3.31. The van der Waals surface area contributed by atoms with Crippen molar-refractivity contribution in [2.75, 3.05) is 45.0 Å². The average Bonchev–Trinajstić information content (AvgIpc) is 2.68. The number of carboxylic acids is 1. The number of nitrogens with zero attached hydrogens (tertiary/aromatic N) is 2. The number of carbonyl (C=O) groups excluding carboxylic acids is 1. The molecule has 1 aromatic rings. The van der Waals surface area contributed by atoms with Crippen molar-refractivity contribution in [3.05, 3.63) is 35.4 Å². The van der Waals surface area contributed by atoms with Crippen LogP contribution >= 0.6 is 0 Å². The Morgan fingerprint density at radius 3 is 2.27 bits per heavy atom. The number of alkyl halides is 3. The zero-order valence-electron chi connectivity index (χ0n) is 16.8. The second-order valence-electron chi connectivity index (χ2n) is 6.52. The zero-order valence-corrected chi connectivity index (χ0v) is 17.6. The molecule has 1 fully saturated rings. The third-order valence-corrected chi connectivity index (χ3v) is 6.12. The number of hydrogen-bond donors (Lipinski definition) is 2. The van der Waals surface area contributed by atoms with Crippen LogP contribution in [0.4, 0.5) is 13.2 Å². The van der Waals surface area contributed by atoms with E-state index in [0.717, 1.165) is 5.56 Å². The lowest BCUT2D eigenvalue weighted by Gasteiger charge is -2.28. The molecule has 170 valence electrons. The summed E-state index contributed by atoms with van der Waals surface area (Å²) in [6.07, 6.45) is -5.08. The molecule has 1 heterocycles. The molecule has 1 saturated heterocycles. The van der Waals surface area contributed by atoms with E-state index in [9.17, 15) is 26.4 Å². The number of benzene rings is 1. The molecule has 30 heavy (non-hydrogen) atoms. The highest BCUT2D eigenvalue weighted by Gasteiger charge is 2.38. The first-order valence-electron chi connectivity index (χ1n) is 9.23. The number of nitrogens with one attached hydrogen (secondary N) is 1. The monoisotopic (exact) mass is 453 g/mol. The highest BCUT2D eigenvalue weighted by atomic mass is 32.2. The summed E-state index contributed by atoms with van der Waals surface area (Å²) in [6, 6.07) is 7.37. The van der Waals surface area contributed by atoms with Gasteiger partial charge in [-0.2, -0.15) is 17.5 Å². The molecule has 0 saturated carbocycles. The Bertz CT molecular complexity index is 825. The lowest BCUT2D eigenvalue weighted by atomic mass is 10.1. The maximum Gasteiger partial charge on any atom is 0.490 e. The number of hydrogen-bond acceptors (Lipinski definition) is 5. The van der Waals surface area contributed by atoms with Gasteiger partial charge in [0.2, 0.25) is 10.0 Å². The Morgan fingerprint density at radius 1 is 1.23 bits per heavy atom. The quantitative estimate of drug-likeness (QED) is 0.673. The Hall–Kier alpha value is -2.18. The van der Waals surface area contributed by atoms with Gasteiger partial charge in [0, 0.05) is 44.8 Å². The van der Waals surface area contributed by atoms with E-state index in [0.29, 0.717) is 38.3 Å². The molecule has 2 rings (SSSR count). The third-order valence-electron chi connectivity index (χ3n) is 4.26. The maximum absolute atomic E-state index is 12.5. The molecule has 0 aliphatic carbocycles. The predicted octanol–water partition coefficient (Wildman–Crippen LogP) is 1.33. The van der Waals surface area contributed by atoms with Gasteiger partial charge >= 0.3 is 12.1 Å². The molecule has 2 N–H and O–H groups in total. The van der Waals surface area contributed by atoms with Gasteiger partial charge in [-0.1, -0.05) is 17.7 Å². The molecule has 1 aromatic carbocycles. The van der Waals surface area contributed by atoms with E-state index in [1.165, 1.54) is 4.31 Å². The highest BCUT2D eigenvalue weighted by Crippen LogP contribution is 2.13. The fourth-order valence-corrected chi connectivity index (χ4v) is 4.09. The maximum atomic E-state index is 12.5. The number of carbonyl (C=O) groups is 2. The van der Waals surface area contributed by atoms with E-state index in [-0.39, 0.29) is 18.2 Å². The van der Waals surface area contributed by atoms with Gasteiger partial charge in [0.25, 0.3) is 5.91 Å². The fourth-order valence-electron chi connectivity index (χ4n) is 2.64. The molecule has 0 radical (unpaired) electrons. The second-order valence-corrected chi connectivity index (χ2v) is 8.61. The Labute approximate surface area is 173 Å². The van der Waals surface area contributed by atoms with Crippen molar-refractivity contribution in [2.45, 2.75) is 20.0 Å². The van der Waals surface area contributed by atoms with E-state index in [4.69, 9.17) is 9.90 Å². The lowest BCUT2D eigenvalue weighted by Crippen LogP contribution is -2.48. The predicted molar refractivity (Wildman–Crippen MR) is 105 cm³/mol. The molecular weight excluding hydrogens is 427 g/mol. The summed E-state index contributed by atoms with van der Waals surface area (Å²) in [4.78, 5) is 23.0. The van der Waals surface area contributed by atoms with E-state index < -0.39 is 22.2 Å². The van der Waals surface area contributed by atoms with Gasteiger partial charge in [0.05, 0.1) is 5.75 Å². The van der Waals surface area contributed by atoms with Gasteiger partial charge < -0.3 is 15.3 Å². The molecule has 0 bridgehead atoms. The third kappa shape index (κ3) is 8.28. The van der Waals surface area contributed by atoms with Gasteiger partial charge in [-0.25, -0.2) is 13.2 Å². The summed E-state index contributed by atoms with van der Waals surface area (Å²) < 4.78 is 58.0. The summed E-state index contributed by atoms with van der Waals surface area (Å²) in [5, 5.41) is 10.3. The molecule has 12 heteroatoms. The number of aryl methyl sites for hydroxylation is 1. The van der Waals surface area contributed by atoms with E-state index in [2.05, 4.69) is 5.32 Å². The fraction of sp³-hybridized carbons (Fsp3) is 0.556. The van der Waals surface area contributed by atoms with Gasteiger partial charge in [-0.15, -0.1) is 0 Å². The van der Waals surface area contributed by atoms with Gasteiger partial charge in [-0.05, 0) is 26.0 Å². The van der Waals surface area contributed by atoms with Crippen LogP contribution in [0.3, 0.4) is 0 Å². The van der Waals surface area contributed by atoms with E-state index in [1.807, 2.05) is 32.0 Å². The first-order chi connectivity index (χ1) is 13.9. The number of aliphatic carboxylic acids is 1. The second kappa shape index (κ2) is 11.3. The van der Waals surface area contributed by atoms with Crippen LogP contribution < -0.4 is 5.32 Å². The first-order valence-corrected chi connectivity index (χ1v) is 10.8. The van der Waals surface area contributed by atoms with Crippen molar-refractivity contribution in [3.8, 4) is 0 Å². The SMILES string of the molecule is CCN(CCS(=O)(=O)N1CCNCC1)C(=O)c1cccc(C)c1.O=C(O)C(F)(F)F. The van der Waals surface area contributed by atoms with Crippen LogP contribution in [-0.2, 0) is 14.8 Å². The Balaban J connectivity index is 0.000000553. The molecule has 0 atom stereocenters. The van der Waals surface area contributed by atoms with Crippen molar-refractivity contribution in [3.63, 3.8) is 0 Å². The van der Waals surface area contributed by atoms with Gasteiger partial charge in [0.15, 0.2) is 0 Å². The van der Waals surface area contributed by atoms with Crippen LogP contribution in [-0.4, -0.2) is 85.8 Å². The van der Waals surface area contributed by atoms with Crippen molar-refractivity contribution in [2.24, 2.45) is 0 Å². The van der Waals surface area contributed by atoms with Crippen LogP contribution in [0.5, 0.6) is 0 Å². The molecule has 0 aromatic heterocycles. The molecule has 1 aliphatic rings. The minimum Gasteiger partial charge on any atom is -0.475 e. The summed E-state index contributed by atoms with van der Waals surface area (Å²) in [5.74, 6) is -2.91. The lowest BCUT2D eigenvalue weighted by molar-refractivity contribution is -0.192. The van der Waals surface area contributed by atoms with Crippen molar-refractivity contribution < 1.29 is 36.3 Å². The summed E-state index contributed by atoms with van der Waals surface area (Å²) >= 11 is 0. The molecule has 1 amide bonds. The van der Waals surface area contributed by atoms with Crippen LogP contribution in [0.1, 0.15) is 22.8 Å². The number of piperazine rings is 1. The van der Waals surface area contributed by atoms with E-state index in [1.54, 1.807) is 11.0 Å². The standard InChI is InChI=1S/C16H25N3O3S.C2HF3O2/c1-3-18(16(20)15-6-4-5-14(2)13-15)11-12-23(21,22)19-9-7-17-8-10-19;3-2(4,5)1(6)7/h4-6,13,17H,3,7-12H2,1-2H3;(H,6,7). The summed E-state index contributed by atoms with van der Waals surface area (Å²) in [6.45, 7) is 6.87. The molecular formula is C18H26F3N3O5S. The smallest absolute Gasteiger partial charge is 0.475 e. The van der Waals surface area contributed by atoms with Crippen LogP contribution in [0.2, 0.25) is 0 Å². The summed E-state index contributed by atoms with van der Waals surface area (Å²) in [5.41, 5.74) is 1.62. The number of carboxylic acid groups (broad SMARTS) is 1. The number of sulfonamides is 1. The zero-order chi connectivity index (χ0) is 22.9. The Kier molecular flexibility index (Phi) is 9.72. The van der Waals surface area contributed by atoms with Crippen LogP contribution in [0.25, 0.3) is 0 Å².